The van der Waals surface area contributed by atoms with Crippen molar-refractivity contribution in [3.05, 3.63) is 12.2 Å². The molecule has 2 aliphatic rings. The molecule has 1 aromatic heterocycles. The third-order valence-corrected chi connectivity index (χ3v) is 4.47. The number of piperidine rings is 1. The molecular weight excluding hydrogens is 226 g/mol. The fraction of sp³-hybridized carbons (Fsp3) is 0.846. The number of rotatable bonds is 3. The Morgan fingerprint density at radius 1 is 1.33 bits per heavy atom. The van der Waals surface area contributed by atoms with Crippen molar-refractivity contribution >= 4 is 0 Å². The molecule has 5 nitrogen and oxygen atoms in total. The van der Waals surface area contributed by atoms with Crippen molar-refractivity contribution in [1.29, 1.82) is 0 Å². The van der Waals surface area contributed by atoms with E-state index in [1.54, 1.807) is 6.33 Å². The van der Waals surface area contributed by atoms with Crippen LogP contribution in [0.3, 0.4) is 0 Å². The van der Waals surface area contributed by atoms with Crippen molar-refractivity contribution in [1.82, 2.24) is 25.0 Å². The maximum atomic E-state index is 4.30. The zero-order chi connectivity index (χ0) is 12.4. The van der Waals surface area contributed by atoms with Gasteiger partial charge in [0.25, 0.3) is 0 Å². The van der Waals surface area contributed by atoms with E-state index in [1.807, 2.05) is 11.7 Å². The lowest BCUT2D eigenvalue weighted by molar-refractivity contribution is 0.153. The molecule has 0 aromatic carbocycles. The highest BCUT2D eigenvalue weighted by Crippen LogP contribution is 2.26. The minimum atomic E-state index is 0.793. The van der Waals surface area contributed by atoms with Crippen molar-refractivity contribution in [3.8, 4) is 0 Å². The van der Waals surface area contributed by atoms with Crippen LogP contribution >= 0.6 is 0 Å². The second-order valence-electron chi connectivity index (χ2n) is 5.62. The third-order valence-electron chi connectivity index (χ3n) is 4.47. The van der Waals surface area contributed by atoms with Gasteiger partial charge >= 0.3 is 0 Å². The molecule has 0 aliphatic carbocycles. The number of hydrogen-bond acceptors (Lipinski definition) is 4. The zero-order valence-electron chi connectivity index (χ0n) is 11.2. The van der Waals surface area contributed by atoms with E-state index in [1.165, 1.54) is 45.3 Å². The van der Waals surface area contributed by atoms with E-state index in [0.29, 0.717) is 0 Å². The van der Waals surface area contributed by atoms with Crippen molar-refractivity contribution in [2.75, 3.05) is 19.6 Å². The highest BCUT2D eigenvalue weighted by molar-refractivity contribution is 4.88. The molecule has 2 aliphatic heterocycles. The molecule has 5 heteroatoms. The van der Waals surface area contributed by atoms with Gasteiger partial charge < -0.3 is 5.32 Å². The molecule has 1 N–H and O–H groups in total. The second-order valence-corrected chi connectivity index (χ2v) is 5.62. The molecule has 1 aromatic rings. The number of nitrogens with one attached hydrogen (secondary N) is 1. The first-order chi connectivity index (χ1) is 8.83. The summed E-state index contributed by atoms with van der Waals surface area (Å²) in [4.78, 5) is 6.81. The Labute approximate surface area is 109 Å². The van der Waals surface area contributed by atoms with Crippen molar-refractivity contribution in [2.45, 2.75) is 38.3 Å². The number of aromatic nitrogens is 3. The summed E-state index contributed by atoms with van der Waals surface area (Å²) in [6.45, 7) is 4.58. The molecule has 1 atom stereocenters. The molecule has 3 rings (SSSR count). The van der Waals surface area contributed by atoms with Crippen LogP contribution in [0.5, 0.6) is 0 Å². The molecule has 2 fully saturated rings. The Bertz CT molecular complexity index is 374. The zero-order valence-corrected chi connectivity index (χ0v) is 11.2. The molecule has 0 spiro atoms. The van der Waals surface area contributed by atoms with Crippen LogP contribution in [0, 0.1) is 5.92 Å². The monoisotopic (exact) mass is 249 g/mol. The van der Waals surface area contributed by atoms with E-state index in [9.17, 15) is 0 Å². The number of likely N-dealkylation sites (tertiary alicyclic amines) is 1. The average molecular weight is 249 g/mol. The summed E-state index contributed by atoms with van der Waals surface area (Å²) < 4.78 is 1.88. The molecule has 2 saturated heterocycles. The van der Waals surface area contributed by atoms with Gasteiger partial charge in [0.1, 0.15) is 12.2 Å². The highest BCUT2D eigenvalue weighted by atomic mass is 15.3. The fourth-order valence-corrected chi connectivity index (χ4v) is 3.29. The number of aryl methyl sites for hydroxylation is 1. The molecule has 0 bridgehead atoms. The summed E-state index contributed by atoms with van der Waals surface area (Å²) in [7, 11) is 1.97. The van der Waals surface area contributed by atoms with E-state index in [-0.39, 0.29) is 0 Å². The van der Waals surface area contributed by atoms with Crippen molar-refractivity contribution < 1.29 is 0 Å². The van der Waals surface area contributed by atoms with Crippen LogP contribution in [0.1, 0.15) is 31.5 Å². The Morgan fingerprint density at radius 2 is 2.17 bits per heavy atom. The predicted octanol–water partition coefficient (Wildman–Crippen LogP) is 0.779. The first-order valence-electron chi connectivity index (χ1n) is 7.11. The summed E-state index contributed by atoms with van der Waals surface area (Å²) in [5.74, 6) is 1.97. The van der Waals surface area contributed by atoms with Gasteiger partial charge in [-0.25, -0.2) is 4.98 Å². The van der Waals surface area contributed by atoms with Crippen LogP contribution in [-0.4, -0.2) is 45.3 Å². The van der Waals surface area contributed by atoms with Crippen LogP contribution in [0.15, 0.2) is 6.33 Å². The van der Waals surface area contributed by atoms with Crippen LogP contribution < -0.4 is 5.32 Å². The lowest BCUT2D eigenvalue weighted by Gasteiger charge is -2.34. The summed E-state index contributed by atoms with van der Waals surface area (Å²) in [5, 5.41) is 7.78. The summed E-state index contributed by atoms with van der Waals surface area (Å²) in [6, 6.07) is 0.793. The molecule has 0 radical (unpaired) electrons. The molecule has 3 heterocycles. The quantitative estimate of drug-likeness (QED) is 0.860. The largest absolute Gasteiger partial charge is 0.314 e. The van der Waals surface area contributed by atoms with Crippen LogP contribution in [-0.2, 0) is 13.6 Å². The lowest BCUT2D eigenvalue weighted by Crippen LogP contribution is -2.40. The van der Waals surface area contributed by atoms with Gasteiger partial charge in [0, 0.05) is 13.1 Å². The Balaban J connectivity index is 1.49. The van der Waals surface area contributed by atoms with E-state index in [0.717, 1.165) is 24.3 Å². The normalized spacial score (nSPS) is 26.8. The summed E-state index contributed by atoms with van der Waals surface area (Å²) >= 11 is 0. The fourth-order valence-electron chi connectivity index (χ4n) is 3.29. The summed E-state index contributed by atoms with van der Waals surface area (Å²) in [6.07, 6.45) is 7.05. The van der Waals surface area contributed by atoms with Crippen LogP contribution in [0.25, 0.3) is 0 Å². The minimum Gasteiger partial charge on any atom is -0.314 e. The van der Waals surface area contributed by atoms with Gasteiger partial charge in [-0.1, -0.05) is 0 Å². The molecular formula is C13H23N5. The Kier molecular flexibility index (Phi) is 3.61. The minimum absolute atomic E-state index is 0.793. The van der Waals surface area contributed by atoms with Crippen LogP contribution in [0.2, 0.25) is 0 Å². The summed E-state index contributed by atoms with van der Waals surface area (Å²) in [5.41, 5.74) is 0. The van der Waals surface area contributed by atoms with Gasteiger partial charge in [0.15, 0.2) is 0 Å². The highest BCUT2D eigenvalue weighted by Gasteiger charge is 2.28. The molecule has 18 heavy (non-hydrogen) atoms. The number of nitrogens with zero attached hydrogens (tertiary/aromatic N) is 4. The molecule has 100 valence electrons. The Hall–Kier alpha value is -0.940. The predicted molar refractivity (Wildman–Crippen MR) is 70.0 cm³/mol. The first kappa shape index (κ1) is 12.1. The third kappa shape index (κ3) is 2.57. The standard InChI is InChI=1S/C13H23N5/c1-17-13(15-10-16-17)9-18-7-4-11(5-8-18)12-3-2-6-14-12/h10-12,14H,2-9H2,1H3. The maximum Gasteiger partial charge on any atom is 0.140 e. The van der Waals surface area contributed by atoms with Gasteiger partial charge in [-0.15, -0.1) is 0 Å². The Morgan fingerprint density at radius 3 is 2.78 bits per heavy atom. The first-order valence-corrected chi connectivity index (χ1v) is 7.11. The van der Waals surface area contributed by atoms with Crippen molar-refractivity contribution in [3.63, 3.8) is 0 Å². The van der Waals surface area contributed by atoms with E-state index >= 15 is 0 Å². The van der Waals surface area contributed by atoms with E-state index in [2.05, 4.69) is 20.3 Å². The SMILES string of the molecule is Cn1ncnc1CN1CCC(C2CCCN2)CC1. The van der Waals surface area contributed by atoms with Gasteiger partial charge in [0.2, 0.25) is 0 Å². The lowest BCUT2D eigenvalue weighted by atomic mass is 9.88. The van der Waals surface area contributed by atoms with Crippen molar-refractivity contribution in [2.24, 2.45) is 13.0 Å². The van der Waals surface area contributed by atoms with Gasteiger partial charge in [-0.3, -0.25) is 9.58 Å². The molecule has 0 amide bonds. The van der Waals surface area contributed by atoms with Gasteiger partial charge in [0.05, 0.1) is 6.54 Å². The maximum absolute atomic E-state index is 4.30. The van der Waals surface area contributed by atoms with Gasteiger partial charge in [-0.05, 0) is 51.2 Å². The van der Waals surface area contributed by atoms with Crippen LogP contribution in [0.4, 0.5) is 0 Å². The average Bonchev–Trinajstić information content (AvgIpc) is 3.03. The van der Waals surface area contributed by atoms with E-state index < -0.39 is 0 Å². The number of hydrogen-bond donors (Lipinski definition) is 1. The van der Waals surface area contributed by atoms with E-state index in [4.69, 9.17) is 0 Å². The molecule has 1 unspecified atom stereocenters. The smallest absolute Gasteiger partial charge is 0.140 e. The van der Waals surface area contributed by atoms with Gasteiger partial charge in [-0.2, -0.15) is 5.10 Å². The second kappa shape index (κ2) is 5.36. The molecule has 0 saturated carbocycles. The topological polar surface area (TPSA) is 46.0 Å².